The molecule has 2 aromatic rings. The number of rotatable bonds is 4. The molecule has 0 spiro atoms. The van der Waals surface area contributed by atoms with Crippen molar-refractivity contribution in [1.82, 2.24) is 4.90 Å². The van der Waals surface area contributed by atoms with Crippen LogP contribution in [-0.2, 0) is 11.2 Å². The number of hydrogen-bond acceptors (Lipinski definition) is 2. The van der Waals surface area contributed by atoms with Gasteiger partial charge in [-0.1, -0.05) is 60.7 Å². The van der Waals surface area contributed by atoms with E-state index in [1.54, 1.807) is 0 Å². The summed E-state index contributed by atoms with van der Waals surface area (Å²) in [6.45, 7) is 3.73. The average molecular weight is 267 g/mol. The van der Waals surface area contributed by atoms with Crippen LogP contribution in [0.1, 0.15) is 17.2 Å². The van der Waals surface area contributed by atoms with Crippen LogP contribution in [0.2, 0.25) is 0 Å². The van der Waals surface area contributed by atoms with Gasteiger partial charge in [0.2, 0.25) is 0 Å². The average Bonchev–Trinajstić information content (AvgIpc) is 2.55. The van der Waals surface area contributed by atoms with Crippen LogP contribution in [0.5, 0.6) is 0 Å². The fourth-order valence-corrected chi connectivity index (χ4v) is 2.86. The van der Waals surface area contributed by atoms with Crippen molar-refractivity contribution in [2.75, 3.05) is 26.3 Å². The van der Waals surface area contributed by atoms with Gasteiger partial charge in [-0.05, 0) is 17.5 Å². The van der Waals surface area contributed by atoms with Gasteiger partial charge in [-0.2, -0.15) is 0 Å². The maximum absolute atomic E-state index is 5.49. The van der Waals surface area contributed by atoms with Gasteiger partial charge in [-0.25, -0.2) is 0 Å². The second kappa shape index (κ2) is 6.69. The molecule has 2 nitrogen and oxygen atoms in total. The van der Waals surface area contributed by atoms with Gasteiger partial charge in [0.05, 0.1) is 13.2 Å². The van der Waals surface area contributed by atoms with E-state index < -0.39 is 0 Å². The van der Waals surface area contributed by atoms with Crippen molar-refractivity contribution in [3.05, 3.63) is 71.8 Å². The largest absolute Gasteiger partial charge is 0.379 e. The molecule has 0 amide bonds. The van der Waals surface area contributed by atoms with Crippen molar-refractivity contribution in [3.63, 3.8) is 0 Å². The van der Waals surface area contributed by atoms with Crippen molar-refractivity contribution in [2.24, 2.45) is 0 Å². The van der Waals surface area contributed by atoms with E-state index >= 15 is 0 Å². The molecule has 0 N–H and O–H groups in total. The van der Waals surface area contributed by atoms with Crippen LogP contribution < -0.4 is 0 Å². The standard InChI is InChI=1S/C18H21NO/c1-3-7-16(8-4-1)15-18(17-9-5-2-6-10-17)19-11-13-20-14-12-19/h1-10,18H,11-15H2/t18-/m1/s1. The van der Waals surface area contributed by atoms with E-state index in [1.807, 2.05) is 0 Å². The zero-order valence-corrected chi connectivity index (χ0v) is 11.7. The molecule has 0 unspecified atom stereocenters. The Morgan fingerprint density at radius 3 is 2.10 bits per heavy atom. The predicted molar refractivity (Wildman–Crippen MR) is 81.7 cm³/mol. The number of hydrogen-bond donors (Lipinski definition) is 0. The van der Waals surface area contributed by atoms with Crippen LogP contribution in [0.25, 0.3) is 0 Å². The number of morpholine rings is 1. The Balaban J connectivity index is 1.83. The first-order chi connectivity index (χ1) is 9.93. The fourth-order valence-electron chi connectivity index (χ4n) is 2.86. The van der Waals surface area contributed by atoms with Crippen molar-refractivity contribution in [2.45, 2.75) is 12.5 Å². The second-order valence-electron chi connectivity index (χ2n) is 5.26. The first-order valence-electron chi connectivity index (χ1n) is 7.34. The highest BCUT2D eigenvalue weighted by Gasteiger charge is 2.22. The maximum atomic E-state index is 5.49. The summed E-state index contributed by atoms with van der Waals surface area (Å²) in [5, 5.41) is 0. The van der Waals surface area contributed by atoms with Crippen LogP contribution in [0, 0.1) is 0 Å². The molecule has 1 fully saturated rings. The fraction of sp³-hybridized carbons (Fsp3) is 0.333. The van der Waals surface area contributed by atoms with E-state index in [4.69, 9.17) is 4.74 Å². The maximum Gasteiger partial charge on any atom is 0.0594 e. The van der Waals surface area contributed by atoms with Gasteiger partial charge in [0, 0.05) is 19.1 Å². The molecule has 1 atom stereocenters. The molecule has 0 saturated carbocycles. The van der Waals surface area contributed by atoms with Gasteiger partial charge >= 0.3 is 0 Å². The molecule has 104 valence electrons. The van der Waals surface area contributed by atoms with Crippen LogP contribution in [0.3, 0.4) is 0 Å². The van der Waals surface area contributed by atoms with E-state index in [0.29, 0.717) is 6.04 Å². The first kappa shape index (κ1) is 13.3. The normalized spacial score (nSPS) is 17.8. The second-order valence-corrected chi connectivity index (χ2v) is 5.26. The molecule has 0 radical (unpaired) electrons. The molecule has 2 aromatic carbocycles. The van der Waals surface area contributed by atoms with E-state index in [9.17, 15) is 0 Å². The Bertz CT molecular complexity index is 505. The van der Waals surface area contributed by atoms with Gasteiger partial charge in [0.25, 0.3) is 0 Å². The van der Waals surface area contributed by atoms with Gasteiger partial charge in [0.1, 0.15) is 0 Å². The Labute approximate surface area is 121 Å². The molecular weight excluding hydrogens is 246 g/mol. The zero-order valence-electron chi connectivity index (χ0n) is 11.7. The van der Waals surface area contributed by atoms with E-state index in [0.717, 1.165) is 32.7 Å². The third-order valence-corrected chi connectivity index (χ3v) is 3.94. The molecule has 1 heterocycles. The molecule has 0 aromatic heterocycles. The number of benzene rings is 2. The molecule has 1 aliphatic heterocycles. The zero-order chi connectivity index (χ0) is 13.6. The Morgan fingerprint density at radius 1 is 0.850 bits per heavy atom. The summed E-state index contributed by atoms with van der Waals surface area (Å²) < 4.78 is 5.49. The lowest BCUT2D eigenvalue weighted by Crippen LogP contribution is -2.39. The minimum absolute atomic E-state index is 0.447. The quantitative estimate of drug-likeness (QED) is 0.842. The van der Waals surface area contributed by atoms with Crippen molar-refractivity contribution < 1.29 is 4.74 Å². The number of nitrogens with zero attached hydrogens (tertiary/aromatic N) is 1. The Kier molecular flexibility index (Phi) is 4.46. The molecule has 1 saturated heterocycles. The number of ether oxygens (including phenoxy) is 1. The van der Waals surface area contributed by atoms with Gasteiger partial charge in [0.15, 0.2) is 0 Å². The first-order valence-corrected chi connectivity index (χ1v) is 7.34. The highest BCUT2D eigenvalue weighted by molar-refractivity contribution is 5.24. The van der Waals surface area contributed by atoms with Crippen molar-refractivity contribution >= 4 is 0 Å². The minimum Gasteiger partial charge on any atom is -0.379 e. The smallest absolute Gasteiger partial charge is 0.0594 e. The lowest BCUT2D eigenvalue weighted by Gasteiger charge is -2.35. The van der Waals surface area contributed by atoms with Crippen molar-refractivity contribution in [1.29, 1.82) is 0 Å². The Hall–Kier alpha value is -1.64. The molecule has 3 rings (SSSR count). The van der Waals surface area contributed by atoms with Crippen molar-refractivity contribution in [3.8, 4) is 0 Å². The summed E-state index contributed by atoms with van der Waals surface area (Å²) in [4.78, 5) is 2.55. The topological polar surface area (TPSA) is 12.5 Å². The monoisotopic (exact) mass is 267 g/mol. The SMILES string of the molecule is c1ccc(C[C@H](c2ccccc2)N2CCOCC2)cc1. The van der Waals surface area contributed by atoms with Gasteiger partial charge < -0.3 is 4.74 Å². The minimum atomic E-state index is 0.447. The molecule has 20 heavy (non-hydrogen) atoms. The van der Waals surface area contributed by atoms with Crippen LogP contribution >= 0.6 is 0 Å². The van der Waals surface area contributed by atoms with E-state index in [1.165, 1.54) is 11.1 Å². The Morgan fingerprint density at radius 2 is 1.45 bits per heavy atom. The summed E-state index contributed by atoms with van der Waals surface area (Å²) in [6, 6.07) is 22.0. The summed E-state index contributed by atoms with van der Waals surface area (Å²) in [6.07, 6.45) is 1.06. The highest BCUT2D eigenvalue weighted by Crippen LogP contribution is 2.25. The molecule has 2 heteroatoms. The van der Waals surface area contributed by atoms with E-state index in [-0.39, 0.29) is 0 Å². The lowest BCUT2D eigenvalue weighted by atomic mass is 9.97. The summed E-state index contributed by atoms with van der Waals surface area (Å²) in [5.41, 5.74) is 2.80. The predicted octanol–water partition coefficient (Wildman–Crippen LogP) is 3.30. The molecule has 0 bridgehead atoms. The lowest BCUT2D eigenvalue weighted by molar-refractivity contribution is 0.0161. The molecule has 0 aliphatic carbocycles. The van der Waals surface area contributed by atoms with Gasteiger partial charge in [-0.15, -0.1) is 0 Å². The summed E-state index contributed by atoms with van der Waals surface area (Å²) >= 11 is 0. The van der Waals surface area contributed by atoms with Crippen LogP contribution in [-0.4, -0.2) is 31.2 Å². The van der Waals surface area contributed by atoms with E-state index in [2.05, 4.69) is 65.6 Å². The van der Waals surface area contributed by atoms with Gasteiger partial charge in [-0.3, -0.25) is 4.90 Å². The van der Waals surface area contributed by atoms with Crippen LogP contribution in [0.15, 0.2) is 60.7 Å². The third kappa shape index (κ3) is 3.27. The van der Waals surface area contributed by atoms with Crippen LogP contribution in [0.4, 0.5) is 0 Å². The highest BCUT2D eigenvalue weighted by atomic mass is 16.5. The summed E-state index contributed by atoms with van der Waals surface area (Å²) in [5.74, 6) is 0. The molecular formula is C18H21NO. The molecule has 1 aliphatic rings. The summed E-state index contributed by atoms with van der Waals surface area (Å²) in [7, 11) is 0. The third-order valence-electron chi connectivity index (χ3n) is 3.94.